The average Bonchev–Trinajstić information content (AvgIpc) is 2.97. The van der Waals surface area contributed by atoms with Crippen LogP contribution in [0.3, 0.4) is 0 Å². The molecule has 2 rings (SSSR count). The Morgan fingerprint density at radius 3 is 2.38 bits per heavy atom. The Hall–Kier alpha value is -3.33. The Bertz CT molecular complexity index is 824. The van der Waals surface area contributed by atoms with Crippen LogP contribution in [0.4, 0.5) is 5.69 Å². The van der Waals surface area contributed by atoms with E-state index >= 15 is 0 Å². The van der Waals surface area contributed by atoms with Gasteiger partial charge in [0.05, 0.1) is 6.26 Å². The fourth-order valence-corrected chi connectivity index (χ4v) is 1.96. The van der Waals surface area contributed by atoms with Crippen molar-refractivity contribution in [1.29, 1.82) is 5.26 Å². The number of rotatable bonds is 4. The van der Waals surface area contributed by atoms with Gasteiger partial charge >= 0.3 is 0 Å². The summed E-state index contributed by atoms with van der Waals surface area (Å²) in [6.45, 7) is 1.82. The van der Waals surface area contributed by atoms with Crippen LogP contribution in [0, 0.1) is 18.3 Å². The van der Waals surface area contributed by atoms with Crippen molar-refractivity contribution in [3.8, 4) is 6.07 Å². The Balaban J connectivity index is 2.14. The number of carbonyl (C=O) groups is 2. The molecule has 0 bridgehead atoms. The van der Waals surface area contributed by atoms with Crippen molar-refractivity contribution in [2.45, 2.75) is 6.92 Å². The van der Waals surface area contributed by atoms with Crippen LogP contribution in [0.15, 0.2) is 46.6 Å². The van der Waals surface area contributed by atoms with Gasteiger partial charge in [0.2, 0.25) is 0 Å². The van der Waals surface area contributed by atoms with Gasteiger partial charge in [-0.05, 0) is 42.8 Å². The predicted molar refractivity (Wildman–Crippen MR) is 90.1 cm³/mol. The highest BCUT2D eigenvalue weighted by Crippen LogP contribution is 2.16. The van der Waals surface area contributed by atoms with E-state index in [1.165, 1.54) is 17.2 Å². The van der Waals surface area contributed by atoms with Crippen LogP contribution in [0.2, 0.25) is 0 Å². The lowest BCUT2D eigenvalue weighted by Crippen LogP contribution is -2.21. The summed E-state index contributed by atoms with van der Waals surface area (Å²) in [5, 5.41) is 11.8. The Kier molecular flexibility index (Phi) is 5.17. The first-order valence-electron chi connectivity index (χ1n) is 7.21. The molecule has 2 amide bonds. The smallest absolute Gasteiger partial charge is 0.266 e. The highest BCUT2D eigenvalue weighted by Gasteiger charge is 2.12. The molecule has 1 heterocycles. The third kappa shape index (κ3) is 3.90. The highest BCUT2D eigenvalue weighted by atomic mass is 16.3. The molecule has 122 valence electrons. The summed E-state index contributed by atoms with van der Waals surface area (Å²) in [5.74, 6) is -0.201. The van der Waals surface area contributed by atoms with Crippen molar-refractivity contribution in [3.63, 3.8) is 0 Å². The van der Waals surface area contributed by atoms with E-state index in [0.29, 0.717) is 17.0 Å². The van der Waals surface area contributed by atoms with Crippen molar-refractivity contribution in [2.75, 3.05) is 19.4 Å². The number of anilines is 1. The molecule has 0 saturated heterocycles. The molecule has 0 unspecified atom stereocenters. The van der Waals surface area contributed by atoms with Gasteiger partial charge in [-0.3, -0.25) is 9.59 Å². The van der Waals surface area contributed by atoms with E-state index in [1.807, 2.05) is 13.0 Å². The van der Waals surface area contributed by atoms with Crippen LogP contribution in [-0.4, -0.2) is 30.8 Å². The Morgan fingerprint density at radius 2 is 1.88 bits per heavy atom. The molecule has 6 heteroatoms. The molecule has 1 aromatic carbocycles. The summed E-state index contributed by atoms with van der Waals surface area (Å²) in [6.07, 6.45) is 2.89. The number of nitriles is 1. The largest absolute Gasteiger partial charge is 0.465 e. The number of nitrogens with zero attached hydrogens (tertiary/aromatic N) is 2. The lowest BCUT2D eigenvalue weighted by molar-refractivity contribution is -0.112. The Labute approximate surface area is 140 Å². The first-order chi connectivity index (χ1) is 11.4. The molecule has 0 aliphatic rings. The zero-order chi connectivity index (χ0) is 17.7. The summed E-state index contributed by atoms with van der Waals surface area (Å²) in [4.78, 5) is 25.5. The second kappa shape index (κ2) is 7.29. The number of hydrogen-bond donors (Lipinski definition) is 1. The van der Waals surface area contributed by atoms with Crippen molar-refractivity contribution >= 4 is 23.6 Å². The topological polar surface area (TPSA) is 86.3 Å². The third-order valence-electron chi connectivity index (χ3n) is 3.34. The zero-order valence-corrected chi connectivity index (χ0v) is 13.7. The molecule has 0 spiro atoms. The fourth-order valence-electron chi connectivity index (χ4n) is 1.96. The van der Waals surface area contributed by atoms with Crippen LogP contribution in [-0.2, 0) is 4.79 Å². The van der Waals surface area contributed by atoms with Crippen molar-refractivity contribution in [3.05, 3.63) is 59.1 Å². The fraction of sp³-hybridized carbons (Fsp3) is 0.167. The number of benzene rings is 1. The summed E-state index contributed by atoms with van der Waals surface area (Å²) < 4.78 is 5.21. The van der Waals surface area contributed by atoms with Gasteiger partial charge in [0, 0.05) is 31.4 Å². The SMILES string of the molecule is Cc1ccoc1/C=C(\C#N)C(=O)Nc1ccc(C(=O)N(C)C)cc1. The second-order valence-corrected chi connectivity index (χ2v) is 5.37. The molecular weight excluding hydrogens is 306 g/mol. The van der Waals surface area contributed by atoms with Crippen LogP contribution < -0.4 is 5.32 Å². The average molecular weight is 323 g/mol. The monoisotopic (exact) mass is 323 g/mol. The molecule has 24 heavy (non-hydrogen) atoms. The van der Waals surface area contributed by atoms with E-state index in [9.17, 15) is 14.9 Å². The number of carbonyl (C=O) groups excluding carboxylic acids is 2. The molecule has 0 saturated carbocycles. The van der Waals surface area contributed by atoms with E-state index in [-0.39, 0.29) is 11.5 Å². The maximum Gasteiger partial charge on any atom is 0.266 e. The molecular formula is C18H17N3O3. The highest BCUT2D eigenvalue weighted by molar-refractivity contribution is 6.09. The molecule has 0 aliphatic carbocycles. The standard InChI is InChI=1S/C18H17N3O3/c1-12-8-9-24-16(12)10-14(11-19)17(22)20-15-6-4-13(5-7-15)18(23)21(2)3/h4-10H,1-3H3,(H,20,22)/b14-10+. The van der Waals surface area contributed by atoms with Crippen molar-refractivity contribution < 1.29 is 14.0 Å². The second-order valence-electron chi connectivity index (χ2n) is 5.37. The molecule has 0 fully saturated rings. The minimum atomic E-state index is -0.542. The van der Waals surface area contributed by atoms with Gasteiger partial charge in [-0.25, -0.2) is 0 Å². The predicted octanol–water partition coefficient (Wildman–Crippen LogP) is 2.84. The van der Waals surface area contributed by atoms with Gasteiger partial charge < -0.3 is 14.6 Å². The van der Waals surface area contributed by atoms with Crippen LogP contribution in [0.25, 0.3) is 6.08 Å². The number of nitrogens with one attached hydrogen (secondary N) is 1. The number of amides is 2. The third-order valence-corrected chi connectivity index (χ3v) is 3.34. The van der Waals surface area contributed by atoms with E-state index in [1.54, 1.807) is 44.4 Å². The van der Waals surface area contributed by atoms with Gasteiger partial charge in [0.15, 0.2) is 0 Å². The zero-order valence-electron chi connectivity index (χ0n) is 13.7. The molecule has 1 N–H and O–H groups in total. The Morgan fingerprint density at radius 1 is 1.21 bits per heavy atom. The summed E-state index contributed by atoms with van der Waals surface area (Å²) in [6, 6.07) is 10.1. The lowest BCUT2D eigenvalue weighted by Gasteiger charge is -2.10. The van der Waals surface area contributed by atoms with E-state index in [0.717, 1.165) is 5.56 Å². The number of aryl methyl sites for hydroxylation is 1. The number of furan rings is 1. The van der Waals surface area contributed by atoms with Crippen LogP contribution in [0.1, 0.15) is 21.7 Å². The minimum absolute atomic E-state index is 0.0681. The molecule has 0 aliphatic heterocycles. The molecule has 0 atom stereocenters. The van der Waals surface area contributed by atoms with Gasteiger partial charge in [0.1, 0.15) is 17.4 Å². The van der Waals surface area contributed by atoms with E-state index in [2.05, 4.69) is 5.32 Å². The maximum atomic E-state index is 12.2. The normalized spacial score (nSPS) is 10.8. The molecule has 6 nitrogen and oxygen atoms in total. The van der Waals surface area contributed by atoms with Gasteiger partial charge in [-0.15, -0.1) is 0 Å². The summed E-state index contributed by atoms with van der Waals surface area (Å²) in [7, 11) is 3.33. The quantitative estimate of drug-likeness (QED) is 0.692. The number of hydrogen-bond acceptors (Lipinski definition) is 4. The summed E-state index contributed by atoms with van der Waals surface area (Å²) >= 11 is 0. The first-order valence-corrected chi connectivity index (χ1v) is 7.21. The van der Waals surface area contributed by atoms with E-state index in [4.69, 9.17) is 4.42 Å². The van der Waals surface area contributed by atoms with Gasteiger partial charge in [0.25, 0.3) is 11.8 Å². The first kappa shape index (κ1) is 17.0. The van der Waals surface area contributed by atoms with Crippen LogP contribution >= 0.6 is 0 Å². The molecule has 0 radical (unpaired) electrons. The lowest BCUT2D eigenvalue weighted by atomic mass is 10.1. The van der Waals surface area contributed by atoms with Gasteiger partial charge in [-0.2, -0.15) is 5.26 Å². The molecule has 2 aromatic rings. The van der Waals surface area contributed by atoms with Crippen molar-refractivity contribution in [2.24, 2.45) is 0 Å². The molecule has 1 aromatic heterocycles. The van der Waals surface area contributed by atoms with Crippen LogP contribution in [0.5, 0.6) is 0 Å². The van der Waals surface area contributed by atoms with Crippen molar-refractivity contribution in [1.82, 2.24) is 4.90 Å². The summed E-state index contributed by atoms with van der Waals surface area (Å²) in [5.41, 5.74) is 1.77. The van der Waals surface area contributed by atoms with E-state index < -0.39 is 5.91 Å². The van der Waals surface area contributed by atoms with Gasteiger partial charge in [-0.1, -0.05) is 0 Å². The maximum absolute atomic E-state index is 12.2. The minimum Gasteiger partial charge on any atom is -0.465 e.